The van der Waals surface area contributed by atoms with Crippen molar-refractivity contribution in [1.29, 1.82) is 5.26 Å². The van der Waals surface area contributed by atoms with Crippen molar-refractivity contribution in [3.8, 4) is 5.40 Å². The van der Waals surface area contributed by atoms with E-state index in [1.54, 1.807) is 0 Å². The van der Waals surface area contributed by atoms with E-state index in [1.807, 2.05) is 5.40 Å². The molecule has 68 valence electrons. The minimum atomic E-state index is -0.105. The molecule has 0 N–H and O–H groups in total. The lowest BCUT2D eigenvalue weighted by atomic mass is 10.1. The van der Waals surface area contributed by atoms with Crippen LogP contribution in [0.5, 0.6) is 0 Å². The molecule has 0 rings (SSSR count). The van der Waals surface area contributed by atoms with E-state index in [0.29, 0.717) is 0 Å². The van der Waals surface area contributed by atoms with Gasteiger partial charge in [-0.2, -0.15) is 5.26 Å². The highest BCUT2D eigenvalue weighted by Gasteiger charge is 2.05. The Morgan fingerprint density at radius 1 is 1.50 bits per heavy atom. The molecule has 0 fully saturated rings. The van der Waals surface area contributed by atoms with Crippen LogP contribution in [0.25, 0.3) is 0 Å². The molecule has 2 nitrogen and oxygen atoms in total. The molecule has 0 aromatic rings. The van der Waals surface area contributed by atoms with Crippen LogP contribution in [0, 0.1) is 10.7 Å². The van der Waals surface area contributed by atoms with Gasteiger partial charge in [-0.15, -0.1) is 0 Å². The predicted octanol–water partition coefficient (Wildman–Crippen LogP) is 2.74. The molecule has 1 unspecified atom stereocenters. The molecule has 0 aromatic heterocycles. The van der Waals surface area contributed by atoms with Crippen LogP contribution in [0.2, 0.25) is 0 Å². The zero-order valence-corrected chi connectivity index (χ0v) is 8.27. The number of nitrogens with zero attached hydrogens (tertiary/aromatic N) is 1. The molecular weight excluding hydrogens is 170 g/mol. The first-order chi connectivity index (χ1) is 5.85. The Hall–Kier alpha value is -0.490. The second-order valence-corrected chi connectivity index (χ2v) is 3.76. The number of carbonyl (C=O) groups excluding carboxylic acids is 1. The third kappa shape index (κ3) is 6.23. The van der Waals surface area contributed by atoms with Gasteiger partial charge >= 0.3 is 0 Å². The second-order valence-electron chi connectivity index (χ2n) is 2.73. The quantitative estimate of drug-likeness (QED) is 0.348. The minimum absolute atomic E-state index is 0.105. The average Bonchev–Trinajstić information content (AvgIpc) is 2.10. The van der Waals surface area contributed by atoms with Crippen molar-refractivity contribution in [2.24, 2.45) is 0 Å². The Labute approximate surface area is 78.3 Å². The Kier molecular flexibility index (Phi) is 8.25. The van der Waals surface area contributed by atoms with Crippen molar-refractivity contribution in [3.63, 3.8) is 0 Å². The van der Waals surface area contributed by atoms with Gasteiger partial charge in [0.25, 0.3) is 0 Å². The molecule has 0 heterocycles. The third-order valence-electron chi connectivity index (χ3n) is 1.70. The third-order valence-corrected chi connectivity index (χ3v) is 2.45. The number of nitriles is 1. The molecule has 0 saturated heterocycles. The fourth-order valence-electron chi connectivity index (χ4n) is 0.995. The van der Waals surface area contributed by atoms with Gasteiger partial charge in [-0.05, 0) is 18.2 Å². The summed E-state index contributed by atoms with van der Waals surface area (Å²) in [6.45, 7) is 2.15. The molecule has 0 amide bonds. The Morgan fingerprint density at radius 3 is 2.75 bits per heavy atom. The van der Waals surface area contributed by atoms with Gasteiger partial charge in [0.15, 0.2) is 0 Å². The number of aldehydes is 1. The van der Waals surface area contributed by atoms with Crippen LogP contribution >= 0.6 is 11.8 Å². The molecule has 0 aliphatic heterocycles. The highest BCUT2D eigenvalue weighted by atomic mass is 32.2. The van der Waals surface area contributed by atoms with Gasteiger partial charge < -0.3 is 4.79 Å². The standard InChI is InChI=1S/C9H15NOS/c1-2-3-4-5-6-9(7-11)12-8-10/h7,9H,2-6H2,1H3. The van der Waals surface area contributed by atoms with Crippen LogP contribution in [0.1, 0.15) is 39.0 Å². The van der Waals surface area contributed by atoms with Crippen LogP contribution in [0.15, 0.2) is 0 Å². The smallest absolute Gasteiger partial charge is 0.134 e. The van der Waals surface area contributed by atoms with Crippen molar-refractivity contribution in [2.75, 3.05) is 0 Å². The maximum atomic E-state index is 10.4. The fraction of sp³-hybridized carbons (Fsp3) is 0.778. The number of hydrogen-bond acceptors (Lipinski definition) is 3. The Bertz CT molecular complexity index is 153. The van der Waals surface area contributed by atoms with E-state index in [0.717, 1.165) is 30.9 Å². The van der Waals surface area contributed by atoms with E-state index in [4.69, 9.17) is 5.26 Å². The number of unbranched alkanes of at least 4 members (excludes halogenated alkanes) is 3. The van der Waals surface area contributed by atoms with E-state index in [-0.39, 0.29) is 5.25 Å². The topological polar surface area (TPSA) is 40.9 Å². The number of hydrogen-bond donors (Lipinski definition) is 0. The largest absolute Gasteiger partial charge is 0.302 e. The highest BCUT2D eigenvalue weighted by molar-refractivity contribution is 8.04. The summed E-state index contributed by atoms with van der Waals surface area (Å²) in [5, 5.41) is 10.2. The summed E-state index contributed by atoms with van der Waals surface area (Å²) in [5.74, 6) is 0. The van der Waals surface area contributed by atoms with Crippen molar-refractivity contribution >= 4 is 18.0 Å². The molecule has 1 atom stereocenters. The molecule has 0 spiro atoms. The van der Waals surface area contributed by atoms with Crippen LogP contribution in [0.3, 0.4) is 0 Å². The number of rotatable bonds is 7. The first-order valence-electron chi connectivity index (χ1n) is 4.35. The van der Waals surface area contributed by atoms with E-state index >= 15 is 0 Å². The number of thiocyanates is 1. The van der Waals surface area contributed by atoms with E-state index in [2.05, 4.69) is 6.92 Å². The van der Waals surface area contributed by atoms with Crippen molar-refractivity contribution < 1.29 is 4.79 Å². The molecule has 3 heteroatoms. The Morgan fingerprint density at radius 2 is 2.25 bits per heavy atom. The highest BCUT2D eigenvalue weighted by Crippen LogP contribution is 2.14. The molecule has 0 aliphatic carbocycles. The van der Waals surface area contributed by atoms with Crippen molar-refractivity contribution in [1.82, 2.24) is 0 Å². The Balaban J connectivity index is 3.33. The summed E-state index contributed by atoms with van der Waals surface area (Å²) in [6, 6.07) is 0. The van der Waals surface area contributed by atoms with Crippen molar-refractivity contribution in [3.05, 3.63) is 0 Å². The van der Waals surface area contributed by atoms with Gasteiger partial charge in [0.2, 0.25) is 0 Å². The predicted molar refractivity (Wildman–Crippen MR) is 51.8 cm³/mol. The van der Waals surface area contributed by atoms with Gasteiger partial charge in [0.1, 0.15) is 11.7 Å². The molecule has 0 saturated carbocycles. The first-order valence-corrected chi connectivity index (χ1v) is 5.23. The summed E-state index contributed by atoms with van der Waals surface area (Å²) >= 11 is 1.07. The number of thioether (sulfide) groups is 1. The zero-order valence-electron chi connectivity index (χ0n) is 7.45. The minimum Gasteiger partial charge on any atom is -0.302 e. The SMILES string of the molecule is CCCCCCC(C=O)SC#N. The lowest BCUT2D eigenvalue weighted by molar-refractivity contribution is -0.107. The molecule has 0 aromatic carbocycles. The van der Waals surface area contributed by atoms with Crippen LogP contribution in [0.4, 0.5) is 0 Å². The van der Waals surface area contributed by atoms with E-state index in [1.165, 1.54) is 19.3 Å². The molecule has 0 aliphatic rings. The van der Waals surface area contributed by atoms with Gasteiger partial charge in [0, 0.05) is 0 Å². The fourth-order valence-corrected chi connectivity index (χ4v) is 1.47. The van der Waals surface area contributed by atoms with Gasteiger partial charge in [-0.3, -0.25) is 0 Å². The van der Waals surface area contributed by atoms with Gasteiger partial charge in [-0.1, -0.05) is 32.6 Å². The number of carbonyl (C=O) groups is 1. The van der Waals surface area contributed by atoms with Gasteiger partial charge in [0.05, 0.1) is 5.25 Å². The summed E-state index contributed by atoms with van der Waals surface area (Å²) in [5.41, 5.74) is 0. The van der Waals surface area contributed by atoms with Crippen molar-refractivity contribution in [2.45, 2.75) is 44.3 Å². The summed E-state index contributed by atoms with van der Waals surface area (Å²) in [4.78, 5) is 10.4. The zero-order chi connectivity index (χ0) is 9.23. The van der Waals surface area contributed by atoms with Crippen LogP contribution in [-0.4, -0.2) is 11.5 Å². The normalized spacial score (nSPS) is 12.0. The lowest BCUT2D eigenvalue weighted by Crippen LogP contribution is -2.02. The first kappa shape index (κ1) is 11.5. The molecule has 12 heavy (non-hydrogen) atoms. The molecular formula is C9H15NOS. The monoisotopic (exact) mass is 185 g/mol. The summed E-state index contributed by atoms with van der Waals surface area (Å²) < 4.78 is 0. The van der Waals surface area contributed by atoms with E-state index in [9.17, 15) is 4.79 Å². The molecule has 0 radical (unpaired) electrons. The van der Waals surface area contributed by atoms with Crippen LogP contribution in [-0.2, 0) is 4.79 Å². The summed E-state index contributed by atoms with van der Waals surface area (Å²) in [7, 11) is 0. The maximum absolute atomic E-state index is 10.4. The van der Waals surface area contributed by atoms with Crippen LogP contribution < -0.4 is 0 Å². The van der Waals surface area contributed by atoms with Gasteiger partial charge in [-0.25, -0.2) is 0 Å². The van der Waals surface area contributed by atoms with E-state index < -0.39 is 0 Å². The molecule has 0 bridgehead atoms. The maximum Gasteiger partial charge on any atom is 0.134 e. The lowest BCUT2D eigenvalue weighted by Gasteiger charge is -2.03. The second kappa shape index (κ2) is 8.61. The summed E-state index contributed by atoms with van der Waals surface area (Å²) in [6.07, 6.45) is 6.39. The average molecular weight is 185 g/mol.